The van der Waals surface area contributed by atoms with Crippen molar-refractivity contribution in [2.24, 2.45) is 16.7 Å². The molecule has 2 aliphatic carbocycles. The van der Waals surface area contributed by atoms with Crippen LogP contribution in [0.15, 0.2) is 0 Å². The van der Waals surface area contributed by atoms with Crippen molar-refractivity contribution in [2.45, 2.75) is 84.2 Å². The highest BCUT2D eigenvalue weighted by Crippen LogP contribution is 2.62. The fourth-order valence-electron chi connectivity index (χ4n) is 5.82. The molecule has 1 fully saturated rings. The minimum atomic E-state index is -0.675. The van der Waals surface area contributed by atoms with Crippen molar-refractivity contribution in [2.75, 3.05) is 18.5 Å². The molecule has 1 saturated carbocycles. The Labute approximate surface area is 200 Å². The molecule has 0 spiro atoms. The Kier molecular flexibility index (Phi) is 8.20. The number of nitrogens with zero attached hydrogens (tertiary/aromatic N) is 1. The first-order chi connectivity index (χ1) is 15.7. The van der Waals surface area contributed by atoms with Gasteiger partial charge in [-0.1, -0.05) is 39.5 Å². The summed E-state index contributed by atoms with van der Waals surface area (Å²) in [6, 6.07) is 0. The number of carbonyl (C=O) groups is 2. The Morgan fingerprint density at radius 1 is 1.30 bits per heavy atom. The molecule has 1 aromatic heterocycles. The van der Waals surface area contributed by atoms with Gasteiger partial charge in [0.1, 0.15) is 0 Å². The summed E-state index contributed by atoms with van der Waals surface area (Å²) in [6.07, 6.45) is 10.3. The zero-order chi connectivity index (χ0) is 24.2. The topological polar surface area (TPSA) is 112 Å². The number of aromatic nitrogens is 1. The standard InChI is InChI=1S/C25H37N3O4S/c1-5-7-8-9-20(31)27-23-28-22-16(13-21(32)26-12-6-2)24(3)11-10-19(30)25(4,15-29)18(24)14-17(22)33-23/h2,16,18-19,29-30H,5,7-15H2,1,3-4H3,(H,26,32)(H,27,28,31)/t16-,18-,19-,24+,25+/m1/s1. The molecule has 7 nitrogen and oxygen atoms in total. The first-order valence-corrected chi connectivity index (χ1v) is 12.8. The molecule has 5 atom stereocenters. The number of terminal acetylenes is 1. The maximum Gasteiger partial charge on any atom is 0.226 e. The normalized spacial score (nSPS) is 30.6. The average Bonchev–Trinajstić information content (AvgIpc) is 3.18. The average molecular weight is 476 g/mol. The number of carbonyl (C=O) groups excluding carboxylic acids is 2. The number of aliphatic hydroxyl groups excluding tert-OH is 2. The predicted molar refractivity (Wildman–Crippen MR) is 130 cm³/mol. The van der Waals surface area contributed by atoms with Gasteiger partial charge in [0, 0.05) is 29.1 Å². The van der Waals surface area contributed by atoms with E-state index in [-0.39, 0.29) is 48.6 Å². The molecule has 0 bridgehead atoms. The first kappa shape index (κ1) is 25.7. The van der Waals surface area contributed by atoms with E-state index in [0.717, 1.165) is 36.3 Å². The third-order valence-electron chi connectivity index (χ3n) is 7.92. The summed E-state index contributed by atoms with van der Waals surface area (Å²) in [5.41, 5.74) is -0.144. The van der Waals surface area contributed by atoms with Crippen LogP contribution in [0.3, 0.4) is 0 Å². The van der Waals surface area contributed by atoms with E-state index in [2.05, 4.69) is 30.4 Å². The zero-order valence-corrected chi connectivity index (χ0v) is 20.8. The van der Waals surface area contributed by atoms with Crippen LogP contribution in [0.1, 0.15) is 82.2 Å². The minimum absolute atomic E-state index is 0.0229. The van der Waals surface area contributed by atoms with Gasteiger partial charge in [-0.05, 0) is 37.0 Å². The van der Waals surface area contributed by atoms with Crippen LogP contribution in [-0.2, 0) is 16.0 Å². The second-order valence-electron chi connectivity index (χ2n) is 10.1. The molecule has 0 aromatic carbocycles. The Bertz CT molecular complexity index is 910. The minimum Gasteiger partial charge on any atom is -0.396 e. The van der Waals surface area contributed by atoms with E-state index >= 15 is 0 Å². The molecule has 0 saturated heterocycles. The van der Waals surface area contributed by atoms with Crippen LogP contribution in [0.2, 0.25) is 0 Å². The molecule has 33 heavy (non-hydrogen) atoms. The van der Waals surface area contributed by atoms with Gasteiger partial charge in [-0.25, -0.2) is 4.98 Å². The van der Waals surface area contributed by atoms with E-state index < -0.39 is 11.5 Å². The highest BCUT2D eigenvalue weighted by atomic mass is 32.1. The summed E-state index contributed by atoms with van der Waals surface area (Å²) in [5.74, 6) is 2.04. The quantitative estimate of drug-likeness (QED) is 0.324. The molecule has 4 N–H and O–H groups in total. The van der Waals surface area contributed by atoms with Gasteiger partial charge in [0.05, 0.1) is 24.9 Å². The van der Waals surface area contributed by atoms with Crippen LogP contribution >= 0.6 is 11.3 Å². The van der Waals surface area contributed by atoms with Crippen molar-refractivity contribution >= 4 is 28.3 Å². The predicted octanol–water partition coefficient (Wildman–Crippen LogP) is 3.22. The van der Waals surface area contributed by atoms with E-state index in [0.29, 0.717) is 24.4 Å². The molecule has 0 aliphatic heterocycles. The number of amides is 2. The fraction of sp³-hybridized carbons (Fsp3) is 0.720. The van der Waals surface area contributed by atoms with Gasteiger partial charge in [0.2, 0.25) is 11.8 Å². The fourth-order valence-corrected chi connectivity index (χ4v) is 6.91. The summed E-state index contributed by atoms with van der Waals surface area (Å²) in [6.45, 7) is 6.24. The zero-order valence-electron chi connectivity index (χ0n) is 19.9. The van der Waals surface area contributed by atoms with E-state index in [1.54, 1.807) is 0 Å². The van der Waals surface area contributed by atoms with Crippen molar-refractivity contribution in [3.8, 4) is 12.3 Å². The van der Waals surface area contributed by atoms with Crippen molar-refractivity contribution in [3.05, 3.63) is 10.6 Å². The third-order valence-corrected chi connectivity index (χ3v) is 8.93. The van der Waals surface area contributed by atoms with Gasteiger partial charge in [0.25, 0.3) is 0 Å². The second-order valence-corrected chi connectivity index (χ2v) is 11.1. The maximum atomic E-state index is 12.7. The van der Waals surface area contributed by atoms with Crippen molar-refractivity contribution in [3.63, 3.8) is 0 Å². The molecule has 0 unspecified atom stereocenters. The smallest absolute Gasteiger partial charge is 0.226 e. The lowest BCUT2D eigenvalue weighted by atomic mass is 9.47. The summed E-state index contributed by atoms with van der Waals surface area (Å²) >= 11 is 1.45. The molecule has 2 amide bonds. The van der Waals surface area contributed by atoms with E-state index in [4.69, 9.17) is 11.4 Å². The number of hydrogen-bond acceptors (Lipinski definition) is 6. The number of aliphatic hydroxyl groups is 2. The second kappa shape index (κ2) is 10.5. The molecular formula is C25H37N3O4S. The van der Waals surface area contributed by atoms with E-state index in [1.165, 1.54) is 11.3 Å². The molecule has 1 heterocycles. The van der Waals surface area contributed by atoms with Crippen LogP contribution in [-0.4, -0.2) is 46.3 Å². The summed E-state index contributed by atoms with van der Waals surface area (Å²) in [5, 5.41) is 27.4. The lowest BCUT2D eigenvalue weighted by Crippen LogP contribution is -2.57. The molecule has 0 radical (unpaired) electrons. The Hall–Kier alpha value is -1.95. The van der Waals surface area contributed by atoms with E-state index in [1.807, 2.05) is 6.92 Å². The number of fused-ring (bicyclic) bond motifs is 2. The van der Waals surface area contributed by atoms with Gasteiger partial charge >= 0.3 is 0 Å². The molecule has 3 rings (SSSR count). The van der Waals surface area contributed by atoms with Crippen LogP contribution < -0.4 is 10.6 Å². The van der Waals surface area contributed by atoms with Crippen LogP contribution in [0.4, 0.5) is 5.13 Å². The first-order valence-electron chi connectivity index (χ1n) is 12.0. The Morgan fingerprint density at radius 2 is 2.06 bits per heavy atom. The van der Waals surface area contributed by atoms with Gasteiger partial charge in [-0.3, -0.25) is 9.59 Å². The van der Waals surface area contributed by atoms with Gasteiger partial charge in [-0.15, -0.1) is 17.8 Å². The Morgan fingerprint density at radius 3 is 2.73 bits per heavy atom. The van der Waals surface area contributed by atoms with Gasteiger partial charge < -0.3 is 20.8 Å². The van der Waals surface area contributed by atoms with Crippen LogP contribution in [0, 0.1) is 29.1 Å². The molecular weight excluding hydrogens is 438 g/mol. The monoisotopic (exact) mass is 475 g/mol. The lowest BCUT2D eigenvalue weighted by Gasteiger charge is -2.58. The van der Waals surface area contributed by atoms with Gasteiger partial charge in [-0.2, -0.15) is 0 Å². The highest BCUT2D eigenvalue weighted by molar-refractivity contribution is 7.15. The molecule has 182 valence electrons. The number of thiazole rings is 1. The molecule has 2 aliphatic rings. The Balaban J connectivity index is 1.94. The summed E-state index contributed by atoms with van der Waals surface area (Å²) in [4.78, 5) is 30.9. The largest absolute Gasteiger partial charge is 0.396 e. The number of nitrogens with one attached hydrogen (secondary N) is 2. The lowest BCUT2D eigenvalue weighted by molar-refractivity contribution is -0.144. The number of unbranched alkanes of at least 4 members (excludes halogenated alkanes) is 2. The summed E-state index contributed by atoms with van der Waals surface area (Å²) in [7, 11) is 0. The SMILES string of the molecule is C#CCNC(=O)C[C@@H]1c2nc(NC(=O)CCCCC)sc2C[C@H]2[C@](C)(CO)[C@H](O)CC[C@]21C. The van der Waals surface area contributed by atoms with Crippen molar-refractivity contribution in [1.82, 2.24) is 10.3 Å². The molecule has 1 aromatic rings. The number of rotatable bonds is 9. The van der Waals surface area contributed by atoms with Crippen LogP contribution in [0.5, 0.6) is 0 Å². The summed E-state index contributed by atoms with van der Waals surface area (Å²) < 4.78 is 0. The number of anilines is 1. The third kappa shape index (κ3) is 5.11. The molecule has 8 heteroatoms. The highest BCUT2D eigenvalue weighted by Gasteiger charge is 2.59. The van der Waals surface area contributed by atoms with Crippen molar-refractivity contribution < 1.29 is 19.8 Å². The van der Waals surface area contributed by atoms with Crippen molar-refractivity contribution in [1.29, 1.82) is 0 Å². The van der Waals surface area contributed by atoms with Gasteiger partial charge in [0.15, 0.2) is 5.13 Å². The van der Waals surface area contributed by atoms with E-state index in [9.17, 15) is 19.8 Å². The van der Waals surface area contributed by atoms with Crippen LogP contribution in [0.25, 0.3) is 0 Å². The maximum absolute atomic E-state index is 12.7. The number of hydrogen-bond donors (Lipinski definition) is 4.